The maximum Gasteiger partial charge on any atom is 0.303 e. The van der Waals surface area contributed by atoms with Crippen molar-refractivity contribution in [3.05, 3.63) is 41.5 Å². The average Bonchev–Trinajstić information content (AvgIpc) is 2.73. The monoisotopic (exact) mass is 402 g/mol. The highest BCUT2D eigenvalue weighted by molar-refractivity contribution is 6.06. The van der Waals surface area contributed by atoms with Crippen molar-refractivity contribution in [3.8, 4) is 28.7 Å². The molecular weight excluding hydrogens is 380 g/mol. The Morgan fingerprint density at radius 3 is 2.14 bits per heavy atom. The molecule has 29 heavy (non-hydrogen) atoms. The maximum atomic E-state index is 13.3. The summed E-state index contributed by atoms with van der Waals surface area (Å²) >= 11 is 0. The third kappa shape index (κ3) is 3.78. The standard InChI is InChI=1S/C21H22O8/c1-11(22)28-21-19(23)18-16(27-5)9-13(25-3)10-17(18)29-20(21)14-7-6-12(24-2)8-15(14)26-4/h6-10,20-21H,1-5H3. The van der Waals surface area contributed by atoms with E-state index in [0.717, 1.165) is 0 Å². The van der Waals surface area contributed by atoms with E-state index >= 15 is 0 Å². The van der Waals surface area contributed by atoms with E-state index in [1.807, 2.05) is 0 Å². The van der Waals surface area contributed by atoms with Crippen molar-refractivity contribution < 1.29 is 38.0 Å². The molecule has 0 radical (unpaired) electrons. The van der Waals surface area contributed by atoms with Gasteiger partial charge in [-0.2, -0.15) is 0 Å². The van der Waals surface area contributed by atoms with Gasteiger partial charge in [-0.05, 0) is 12.1 Å². The van der Waals surface area contributed by atoms with Crippen molar-refractivity contribution in [2.45, 2.75) is 19.1 Å². The fraction of sp³-hybridized carbons (Fsp3) is 0.333. The normalized spacial score (nSPS) is 17.6. The summed E-state index contributed by atoms with van der Waals surface area (Å²) in [6.07, 6.45) is -2.15. The molecule has 3 rings (SSSR count). The Kier molecular flexibility index (Phi) is 5.81. The van der Waals surface area contributed by atoms with E-state index in [2.05, 4.69) is 0 Å². The first-order valence-electron chi connectivity index (χ1n) is 8.79. The number of benzene rings is 2. The van der Waals surface area contributed by atoms with Gasteiger partial charge in [-0.1, -0.05) is 0 Å². The number of rotatable bonds is 6. The lowest BCUT2D eigenvalue weighted by Gasteiger charge is -2.33. The van der Waals surface area contributed by atoms with Gasteiger partial charge in [-0.15, -0.1) is 0 Å². The Bertz CT molecular complexity index is 937. The molecule has 8 nitrogen and oxygen atoms in total. The highest BCUT2D eigenvalue weighted by atomic mass is 16.6. The molecule has 154 valence electrons. The Balaban J connectivity index is 2.17. The second-order valence-corrected chi connectivity index (χ2v) is 6.24. The summed E-state index contributed by atoms with van der Waals surface area (Å²) in [5, 5.41) is 0. The van der Waals surface area contributed by atoms with Gasteiger partial charge < -0.3 is 28.4 Å². The SMILES string of the molecule is COc1ccc(C2Oc3cc(OC)cc(OC)c3C(=O)C2OC(C)=O)c(OC)c1. The predicted octanol–water partition coefficient (Wildman–Crippen LogP) is 2.97. The number of ether oxygens (including phenoxy) is 6. The summed E-state index contributed by atoms with van der Waals surface area (Å²) in [5.74, 6) is 0.932. The summed E-state index contributed by atoms with van der Waals surface area (Å²) in [4.78, 5) is 25.0. The summed E-state index contributed by atoms with van der Waals surface area (Å²) in [6.45, 7) is 1.23. The molecule has 0 saturated carbocycles. The molecule has 0 bridgehead atoms. The molecule has 1 aliphatic rings. The zero-order valence-electron chi connectivity index (χ0n) is 16.8. The fourth-order valence-electron chi connectivity index (χ4n) is 3.23. The second-order valence-electron chi connectivity index (χ2n) is 6.24. The Morgan fingerprint density at radius 1 is 0.897 bits per heavy atom. The van der Waals surface area contributed by atoms with Gasteiger partial charge in [0, 0.05) is 30.7 Å². The van der Waals surface area contributed by atoms with Crippen LogP contribution in [0.2, 0.25) is 0 Å². The van der Waals surface area contributed by atoms with E-state index in [9.17, 15) is 9.59 Å². The van der Waals surface area contributed by atoms with Gasteiger partial charge >= 0.3 is 5.97 Å². The molecule has 2 unspecified atom stereocenters. The van der Waals surface area contributed by atoms with E-state index in [1.54, 1.807) is 30.3 Å². The molecule has 1 heterocycles. The number of hydrogen-bond acceptors (Lipinski definition) is 8. The third-order valence-electron chi connectivity index (χ3n) is 4.57. The first-order chi connectivity index (χ1) is 13.9. The number of carbonyl (C=O) groups is 2. The molecule has 2 aromatic carbocycles. The van der Waals surface area contributed by atoms with E-state index in [-0.39, 0.29) is 17.1 Å². The minimum Gasteiger partial charge on any atom is -0.497 e. The predicted molar refractivity (Wildman–Crippen MR) is 102 cm³/mol. The van der Waals surface area contributed by atoms with Crippen molar-refractivity contribution in [1.29, 1.82) is 0 Å². The molecule has 2 aromatic rings. The molecule has 0 spiro atoms. The van der Waals surface area contributed by atoms with E-state index < -0.39 is 24.0 Å². The number of carbonyl (C=O) groups excluding carboxylic acids is 2. The number of ketones is 1. The van der Waals surface area contributed by atoms with Crippen LogP contribution in [-0.4, -0.2) is 46.3 Å². The van der Waals surface area contributed by atoms with Crippen LogP contribution in [0.3, 0.4) is 0 Å². The average molecular weight is 402 g/mol. The van der Waals surface area contributed by atoms with Crippen LogP contribution < -0.4 is 23.7 Å². The van der Waals surface area contributed by atoms with E-state index in [4.69, 9.17) is 28.4 Å². The first kappa shape index (κ1) is 20.3. The van der Waals surface area contributed by atoms with Gasteiger partial charge in [0.15, 0.2) is 6.10 Å². The van der Waals surface area contributed by atoms with Crippen LogP contribution in [0.1, 0.15) is 28.9 Å². The minimum atomic E-state index is -1.22. The van der Waals surface area contributed by atoms with Crippen LogP contribution in [0, 0.1) is 0 Å². The molecule has 0 aromatic heterocycles. The maximum absolute atomic E-state index is 13.3. The largest absolute Gasteiger partial charge is 0.497 e. The lowest BCUT2D eigenvalue weighted by molar-refractivity contribution is -0.148. The minimum absolute atomic E-state index is 0.184. The van der Waals surface area contributed by atoms with Crippen LogP contribution in [0.4, 0.5) is 0 Å². The smallest absolute Gasteiger partial charge is 0.303 e. The molecule has 1 aliphatic heterocycles. The van der Waals surface area contributed by atoms with Crippen molar-refractivity contribution in [2.75, 3.05) is 28.4 Å². The summed E-state index contributed by atoms with van der Waals surface area (Å²) in [5.41, 5.74) is 0.712. The van der Waals surface area contributed by atoms with Crippen LogP contribution in [-0.2, 0) is 9.53 Å². The molecule has 2 atom stereocenters. The quantitative estimate of drug-likeness (QED) is 0.682. The molecule has 0 aliphatic carbocycles. The van der Waals surface area contributed by atoms with Crippen molar-refractivity contribution in [1.82, 2.24) is 0 Å². The Morgan fingerprint density at radius 2 is 1.55 bits per heavy atom. The lowest BCUT2D eigenvalue weighted by Crippen LogP contribution is -2.40. The van der Waals surface area contributed by atoms with E-state index in [1.165, 1.54) is 35.4 Å². The molecular formula is C21H22O8. The van der Waals surface area contributed by atoms with Crippen LogP contribution >= 0.6 is 0 Å². The number of methoxy groups -OCH3 is 4. The summed E-state index contributed by atoms with van der Waals surface area (Å²) in [6, 6.07) is 8.23. The van der Waals surface area contributed by atoms with Crippen molar-refractivity contribution >= 4 is 11.8 Å². The van der Waals surface area contributed by atoms with Gasteiger partial charge in [0.1, 0.15) is 34.3 Å². The fourth-order valence-corrected chi connectivity index (χ4v) is 3.23. The van der Waals surface area contributed by atoms with Gasteiger partial charge in [0.05, 0.1) is 28.4 Å². The highest BCUT2D eigenvalue weighted by Gasteiger charge is 2.44. The van der Waals surface area contributed by atoms with Gasteiger partial charge in [-0.25, -0.2) is 0 Å². The highest BCUT2D eigenvalue weighted by Crippen LogP contribution is 2.45. The Labute approximate surface area is 168 Å². The second kappa shape index (κ2) is 8.30. The number of fused-ring (bicyclic) bond motifs is 1. The van der Waals surface area contributed by atoms with Gasteiger partial charge in [-0.3, -0.25) is 9.59 Å². The summed E-state index contributed by atoms with van der Waals surface area (Å²) in [7, 11) is 5.95. The van der Waals surface area contributed by atoms with Crippen molar-refractivity contribution in [2.24, 2.45) is 0 Å². The number of Topliss-reactive ketones (excluding diaryl/α,β-unsaturated/α-hetero) is 1. The first-order valence-corrected chi connectivity index (χ1v) is 8.79. The number of esters is 1. The van der Waals surface area contributed by atoms with Crippen LogP contribution in [0.15, 0.2) is 30.3 Å². The van der Waals surface area contributed by atoms with Crippen molar-refractivity contribution in [3.63, 3.8) is 0 Å². The van der Waals surface area contributed by atoms with Crippen LogP contribution in [0.25, 0.3) is 0 Å². The van der Waals surface area contributed by atoms with E-state index in [0.29, 0.717) is 22.8 Å². The molecule has 8 heteroatoms. The number of hydrogen-bond donors (Lipinski definition) is 0. The Hall–Kier alpha value is -3.42. The molecule has 0 N–H and O–H groups in total. The lowest BCUT2D eigenvalue weighted by atomic mass is 9.92. The zero-order valence-corrected chi connectivity index (χ0v) is 16.8. The molecule has 0 amide bonds. The third-order valence-corrected chi connectivity index (χ3v) is 4.57. The summed E-state index contributed by atoms with van der Waals surface area (Å²) < 4.78 is 32.7. The molecule has 0 saturated heterocycles. The topological polar surface area (TPSA) is 89.5 Å². The van der Waals surface area contributed by atoms with Gasteiger partial charge in [0.2, 0.25) is 11.9 Å². The zero-order chi connectivity index (χ0) is 21.1. The molecule has 0 fully saturated rings. The van der Waals surface area contributed by atoms with Crippen LogP contribution in [0.5, 0.6) is 28.7 Å². The van der Waals surface area contributed by atoms with Gasteiger partial charge in [0.25, 0.3) is 0 Å².